The van der Waals surface area contributed by atoms with E-state index in [2.05, 4.69) is 20.9 Å². The fourth-order valence-corrected chi connectivity index (χ4v) is 5.39. The van der Waals surface area contributed by atoms with Crippen LogP contribution >= 0.6 is 23.6 Å². The first-order chi connectivity index (χ1) is 20.5. The Kier molecular flexibility index (Phi) is 9.78. The molecule has 3 aromatic heterocycles. The normalized spacial score (nSPS) is 10.9. The number of thiocarbonyl (C=S) groups is 1. The van der Waals surface area contributed by atoms with Gasteiger partial charge in [0.15, 0.2) is 16.7 Å². The summed E-state index contributed by atoms with van der Waals surface area (Å²) in [5.41, 5.74) is 3.71. The van der Waals surface area contributed by atoms with Gasteiger partial charge < -0.3 is 25.4 Å². The van der Waals surface area contributed by atoms with Crippen LogP contribution in [0.2, 0.25) is 0 Å². The van der Waals surface area contributed by atoms with Crippen LogP contribution in [0.4, 0.5) is 10.1 Å². The summed E-state index contributed by atoms with van der Waals surface area (Å²) in [6.45, 7) is 2.00. The number of hydrogen-bond acceptors (Lipinski definition) is 8. The third kappa shape index (κ3) is 7.71. The summed E-state index contributed by atoms with van der Waals surface area (Å²) in [6.07, 6.45) is 1.81. The Morgan fingerprint density at radius 1 is 1.02 bits per heavy atom. The number of carbonyl (C=O) groups excluding carboxylic acids is 1. The van der Waals surface area contributed by atoms with Gasteiger partial charge in [-0.25, -0.2) is 4.39 Å². The van der Waals surface area contributed by atoms with Crippen LogP contribution in [0.1, 0.15) is 11.3 Å². The second kappa shape index (κ2) is 14.1. The minimum absolute atomic E-state index is 0.0456. The van der Waals surface area contributed by atoms with E-state index in [9.17, 15) is 4.79 Å². The molecule has 3 heterocycles. The van der Waals surface area contributed by atoms with Crippen molar-refractivity contribution in [3.8, 4) is 22.1 Å². The Morgan fingerprint density at radius 2 is 1.88 bits per heavy atom. The van der Waals surface area contributed by atoms with E-state index < -0.39 is 5.82 Å². The fraction of sp³-hybridized carbons (Fsp3) is 0.161. The molecule has 42 heavy (non-hydrogen) atoms. The highest BCUT2D eigenvalue weighted by atomic mass is 32.1. The van der Waals surface area contributed by atoms with Crippen molar-refractivity contribution >= 4 is 50.5 Å². The molecule has 0 saturated carbocycles. The second-order valence-corrected chi connectivity index (χ2v) is 10.7. The summed E-state index contributed by atoms with van der Waals surface area (Å²) < 4.78 is 26.9. The largest absolute Gasteiger partial charge is 0.453 e. The van der Waals surface area contributed by atoms with Gasteiger partial charge in [-0.05, 0) is 48.1 Å². The zero-order valence-electron chi connectivity index (χ0n) is 22.7. The number of anilines is 1. The van der Waals surface area contributed by atoms with Gasteiger partial charge in [-0.15, -0.1) is 11.3 Å². The van der Waals surface area contributed by atoms with E-state index >= 15 is 4.39 Å². The van der Waals surface area contributed by atoms with Gasteiger partial charge in [0.05, 0.1) is 39.5 Å². The minimum atomic E-state index is -0.588. The second-order valence-electron chi connectivity index (χ2n) is 9.23. The van der Waals surface area contributed by atoms with Crippen molar-refractivity contribution in [1.82, 2.24) is 20.6 Å². The molecule has 0 bridgehead atoms. The van der Waals surface area contributed by atoms with E-state index in [4.69, 9.17) is 26.7 Å². The van der Waals surface area contributed by atoms with Crippen LogP contribution < -0.4 is 20.7 Å². The molecule has 0 spiro atoms. The van der Waals surface area contributed by atoms with Gasteiger partial charge in [0.1, 0.15) is 5.75 Å². The first-order valence-electron chi connectivity index (χ1n) is 13.1. The van der Waals surface area contributed by atoms with Crippen LogP contribution in [-0.4, -0.2) is 41.2 Å². The highest BCUT2D eigenvalue weighted by Crippen LogP contribution is 2.39. The fourth-order valence-electron chi connectivity index (χ4n) is 4.12. The molecule has 5 rings (SSSR count). The van der Waals surface area contributed by atoms with Crippen LogP contribution in [0.3, 0.4) is 0 Å². The van der Waals surface area contributed by atoms with Crippen molar-refractivity contribution in [3.05, 3.63) is 102 Å². The molecule has 8 nitrogen and oxygen atoms in total. The van der Waals surface area contributed by atoms with Crippen LogP contribution in [0, 0.1) is 5.82 Å². The molecule has 1 amide bonds. The molecular weight excluding hydrogens is 574 g/mol. The molecule has 0 saturated heterocycles. The number of ether oxygens (including phenoxy) is 2. The highest BCUT2D eigenvalue weighted by molar-refractivity contribution is 7.80. The first-order valence-corrected chi connectivity index (χ1v) is 14.4. The van der Waals surface area contributed by atoms with Crippen LogP contribution in [0.25, 0.3) is 20.8 Å². The van der Waals surface area contributed by atoms with Crippen LogP contribution in [-0.2, 0) is 22.5 Å². The van der Waals surface area contributed by atoms with E-state index in [1.807, 2.05) is 54.6 Å². The van der Waals surface area contributed by atoms with E-state index in [1.54, 1.807) is 25.4 Å². The molecular formula is C31H28FN5O3S2. The lowest BCUT2D eigenvalue weighted by molar-refractivity contribution is -0.119. The molecule has 0 unspecified atom stereocenters. The number of hydrogen-bond donors (Lipinski definition) is 3. The zero-order valence-corrected chi connectivity index (χ0v) is 24.4. The maximum atomic E-state index is 15.1. The Balaban J connectivity index is 1.25. The molecule has 5 aromatic rings. The van der Waals surface area contributed by atoms with Gasteiger partial charge in [-0.3, -0.25) is 14.8 Å². The van der Waals surface area contributed by atoms with E-state index in [-0.39, 0.29) is 23.2 Å². The minimum Gasteiger partial charge on any atom is -0.453 e. The maximum absolute atomic E-state index is 15.1. The predicted molar refractivity (Wildman–Crippen MR) is 167 cm³/mol. The average molecular weight is 602 g/mol. The van der Waals surface area contributed by atoms with Crippen molar-refractivity contribution in [2.45, 2.75) is 13.0 Å². The summed E-state index contributed by atoms with van der Waals surface area (Å²) in [7, 11) is 1.67. The van der Waals surface area contributed by atoms with Gasteiger partial charge in [0.25, 0.3) is 0 Å². The van der Waals surface area contributed by atoms with Gasteiger partial charge in [-0.2, -0.15) is 0 Å². The van der Waals surface area contributed by atoms with Crippen molar-refractivity contribution in [2.24, 2.45) is 0 Å². The zero-order chi connectivity index (χ0) is 29.3. The number of amides is 1. The quantitative estimate of drug-likeness (QED) is 0.124. The Bertz CT molecular complexity index is 1700. The molecule has 0 atom stereocenters. The van der Waals surface area contributed by atoms with Gasteiger partial charge in [0.2, 0.25) is 5.91 Å². The lowest BCUT2D eigenvalue weighted by Gasteiger charge is -2.12. The van der Waals surface area contributed by atoms with Gasteiger partial charge in [0, 0.05) is 44.2 Å². The number of rotatable bonds is 11. The molecule has 0 aliphatic carbocycles. The van der Waals surface area contributed by atoms with Gasteiger partial charge in [-0.1, -0.05) is 36.4 Å². The number of pyridine rings is 2. The molecule has 11 heteroatoms. The van der Waals surface area contributed by atoms with Crippen molar-refractivity contribution in [2.75, 3.05) is 25.6 Å². The standard InChI is InChI=1S/C31H28FN5O3S2/c1-39-15-14-33-19-22-8-5-9-24(35-22)28-18-25-30(42-28)27(12-13-34-25)40-26-11-10-21(17-23(26)32)36-31(41)37-29(38)16-20-6-3-2-4-7-20/h2-13,17-18,33H,14-16,19H2,1H3,(H2,36,37,38,41). The first kappa shape index (κ1) is 29.2. The lowest BCUT2D eigenvalue weighted by atomic mass is 10.1. The molecule has 0 aliphatic heterocycles. The third-order valence-electron chi connectivity index (χ3n) is 6.09. The number of fused-ring (bicyclic) bond motifs is 1. The number of halogens is 1. The number of methoxy groups -OCH3 is 1. The number of nitrogens with one attached hydrogen (secondary N) is 3. The molecule has 0 radical (unpaired) electrons. The van der Waals surface area contributed by atoms with E-state index in [0.717, 1.165) is 38.6 Å². The topological polar surface area (TPSA) is 97.4 Å². The van der Waals surface area contributed by atoms with E-state index in [0.29, 0.717) is 24.6 Å². The summed E-state index contributed by atoms with van der Waals surface area (Å²) in [5.74, 6) is -0.325. The monoisotopic (exact) mass is 601 g/mol. The molecule has 0 aliphatic rings. The Morgan fingerprint density at radius 3 is 2.69 bits per heavy atom. The molecule has 2 aromatic carbocycles. The number of carbonyl (C=O) groups is 1. The Labute approximate surface area is 251 Å². The SMILES string of the molecule is COCCNCc1cccc(-c2cc3nccc(Oc4ccc(NC(=S)NC(=O)Cc5ccccc5)cc4F)c3s2)n1. The Hall–Kier alpha value is -4.29. The number of thiophene rings is 1. The van der Waals surface area contributed by atoms with Crippen LogP contribution in [0.5, 0.6) is 11.5 Å². The van der Waals surface area contributed by atoms with E-state index in [1.165, 1.54) is 23.5 Å². The summed E-state index contributed by atoms with van der Waals surface area (Å²) >= 11 is 6.71. The van der Waals surface area contributed by atoms with Crippen molar-refractivity contribution < 1.29 is 18.7 Å². The average Bonchev–Trinajstić information content (AvgIpc) is 3.43. The molecule has 3 N–H and O–H groups in total. The van der Waals surface area contributed by atoms with Gasteiger partial charge >= 0.3 is 0 Å². The number of aromatic nitrogens is 2. The van der Waals surface area contributed by atoms with Crippen LogP contribution in [0.15, 0.2) is 85.1 Å². The van der Waals surface area contributed by atoms with Crippen molar-refractivity contribution in [1.29, 1.82) is 0 Å². The highest BCUT2D eigenvalue weighted by Gasteiger charge is 2.15. The molecule has 0 fully saturated rings. The summed E-state index contributed by atoms with van der Waals surface area (Å²) in [5, 5.41) is 8.83. The maximum Gasteiger partial charge on any atom is 0.230 e. The summed E-state index contributed by atoms with van der Waals surface area (Å²) in [6, 6.07) is 23.3. The van der Waals surface area contributed by atoms with Crippen molar-refractivity contribution in [3.63, 3.8) is 0 Å². The predicted octanol–water partition coefficient (Wildman–Crippen LogP) is 6.08. The molecule has 214 valence electrons. The number of benzene rings is 2. The smallest absolute Gasteiger partial charge is 0.230 e. The third-order valence-corrected chi connectivity index (χ3v) is 7.46. The number of nitrogens with zero attached hydrogens (tertiary/aromatic N) is 2. The summed E-state index contributed by atoms with van der Waals surface area (Å²) in [4.78, 5) is 22.4. The lowest BCUT2D eigenvalue weighted by Crippen LogP contribution is -2.35.